The van der Waals surface area contributed by atoms with E-state index in [1.165, 1.54) is 12.8 Å². The quantitative estimate of drug-likeness (QED) is 0.749. The Balaban J connectivity index is 0.00000242. The summed E-state index contributed by atoms with van der Waals surface area (Å²) in [5, 5.41) is 6.43. The van der Waals surface area contributed by atoms with Gasteiger partial charge in [-0.3, -0.25) is 9.69 Å². The number of hydrogen-bond donors (Lipinski definition) is 2. The summed E-state index contributed by atoms with van der Waals surface area (Å²) in [6.07, 6.45) is 4.15. The van der Waals surface area contributed by atoms with E-state index in [9.17, 15) is 4.79 Å². The number of ether oxygens (including phenoxy) is 1. The van der Waals surface area contributed by atoms with Gasteiger partial charge in [0.2, 0.25) is 5.91 Å². The molecule has 0 aromatic heterocycles. The summed E-state index contributed by atoms with van der Waals surface area (Å²) in [6, 6.07) is 0. The smallest absolute Gasteiger partial charge is 0.220 e. The van der Waals surface area contributed by atoms with E-state index in [-0.39, 0.29) is 36.3 Å². The van der Waals surface area contributed by atoms with Crippen molar-refractivity contribution in [2.75, 3.05) is 45.9 Å². The Morgan fingerprint density at radius 3 is 2.65 bits per heavy atom. The van der Waals surface area contributed by atoms with Gasteiger partial charge in [0.15, 0.2) is 0 Å². The minimum Gasteiger partial charge on any atom is -0.378 e. The van der Waals surface area contributed by atoms with Gasteiger partial charge >= 0.3 is 0 Å². The third-order valence-corrected chi connectivity index (χ3v) is 4.76. The number of carbonyl (C=O) groups is 1. The molecule has 138 valence electrons. The maximum absolute atomic E-state index is 11.9. The van der Waals surface area contributed by atoms with Crippen LogP contribution in [0.4, 0.5) is 0 Å². The summed E-state index contributed by atoms with van der Waals surface area (Å²) >= 11 is 0. The van der Waals surface area contributed by atoms with Crippen LogP contribution < -0.4 is 10.6 Å². The summed E-state index contributed by atoms with van der Waals surface area (Å²) in [5.74, 6) is 0.940. The second-order valence-corrected chi connectivity index (χ2v) is 6.93. The van der Waals surface area contributed by atoms with Gasteiger partial charge in [0.1, 0.15) is 0 Å². The Hall–Kier alpha value is -0.0700. The topological polar surface area (TPSA) is 53.6 Å². The molecule has 7 heteroatoms. The van der Waals surface area contributed by atoms with Crippen LogP contribution in [0, 0.1) is 5.92 Å². The van der Waals surface area contributed by atoms with Gasteiger partial charge in [-0.25, -0.2) is 0 Å². The SMILES string of the molecule is CC1(C)COCCN1CCNC(=O)CCC1CCNCC1.Cl.Cl. The van der Waals surface area contributed by atoms with Crippen molar-refractivity contribution in [2.24, 2.45) is 5.92 Å². The molecule has 0 atom stereocenters. The molecule has 0 aliphatic carbocycles. The first-order chi connectivity index (χ1) is 10.1. The number of halogens is 2. The van der Waals surface area contributed by atoms with Gasteiger partial charge in [0.05, 0.1) is 13.2 Å². The van der Waals surface area contributed by atoms with Crippen LogP contribution in [0.2, 0.25) is 0 Å². The molecule has 2 heterocycles. The zero-order chi connectivity index (χ0) is 15.1. The molecular weight excluding hydrogens is 337 g/mol. The molecule has 23 heavy (non-hydrogen) atoms. The Morgan fingerprint density at radius 2 is 2.00 bits per heavy atom. The van der Waals surface area contributed by atoms with E-state index < -0.39 is 0 Å². The molecule has 2 saturated heterocycles. The van der Waals surface area contributed by atoms with Crippen LogP contribution >= 0.6 is 24.8 Å². The van der Waals surface area contributed by atoms with E-state index in [2.05, 4.69) is 29.4 Å². The van der Waals surface area contributed by atoms with Crippen LogP contribution in [0.1, 0.15) is 39.5 Å². The maximum atomic E-state index is 11.9. The van der Waals surface area contributed by atoms with Crippen LogP contribution in [0.3, 0.4) is 0 Å². The monoisotopic (exact) mass is 369 g/mol. The minimum atomic E-state index is 0. The summed E-state index contributed by atoms with van der Waals surface area (Å²) in [6.45, 7) is 10.8. The van der Waals surface area contributed by atoms with Crippen molar-refractivity contribution in [2.45, 2.75) is 45.1 Å². The average Bonchev–Trinajstić information content (AvgIpc) is 2.48. The second kappa shape index (κ2) is 11.5. The fourth-order valence-electron chi connectivity index (χ4n) is 3.23. The number of morpholine rings is 1. The number of nitrogens with one attached hydrogen (secondary N) is 2. The van der Waals surface area contributed by atoms with Crippen LogP contribution in [-0.2, 0) is 9.53 Å². The molecule has 0 radical (unpaired) electrons. The Morgan fingerprint density at radius 1 is 1.30 bits per heavy atom. The lowest BCUT2D eigenvalue weighted by Crippen LogP contribution is -2.54. The summed E-state index contributed by atoms with van der Waals surface area (Å²) < 4.78 is 5.51. The highest BCUT2D eigenvalue weighted by Gasteiger charge is 2.29. The first kappa shape index (κ1) is 22.9. The maximum Gasteiger partial charge on any atom is 0.220 e. The predicted octanol–water partition coefficient (Wildman–Crippen LogP) is 1.84. The lowest BCUT2D eigenvalue weighted by Gasteiger charge is -2.42. The fraction of sp³-hybridized carbons (Fsp3) is 0.938. The standard InChI is InChI=1S/C16H31N3O2.2ClH/c1-16(2)13-21-12-11-19(16)10-9-18-15(20)4-3-14-5-7-17-8-6-14;;/h14,17H,3-13H2,1-2H3,(H,18,20);2*1H. The van der Waals surface area contributed by atoms with Crippen LogP contribution in [0.5, 0.6) is 0 Å². The Kier molecular flexibility index (Phi) is 11.4. The van der Waals surface area contributed by atoms with E-state index in [0.717, 1.165) is 58.3 Å². The van der Waals surface area contributed by atoms with Crippen molar-refractivity contribution in [1.82, 2.24) is 15.5 Å². The molecular formula is C16H33Cl2N3O2. The zero-order valence-electron chi connectivity index (χ0n) is 14.4. The van der Waals surface area contributed by atoms with Crippen molar-refractivity contribution >= 4 is 30.7 Å². The van der Waals surface area contributed by atoms with Crippen molar-refractivity contribution < 1.29 is 9.53 Å². The van der Waals surface area contributed by atoms with Gasteiger partial charge < -0.3 is 15.4 Å². The highest BCUT2D eigenvalue weighted by atomic mass is 35.5. The molecule has 0 spiro atoms. The fourth-order valence-corrected chi connectivity index (χ4v) is 3.23. The number of rotatable bonds is 6. The molecule has 1 amide bonds. The van der Waals surface area contributed by atoms with Gasteiger partial charge in [-0.05, 0) is 52.1 Å². The van der Waals surface area contributed by atoms with E-state index in [4.69, 9.17) is 4.74 Å². The average molecular weight is 370 g/mol. The predicted molar refractivity (Wildman–Crippen MR) is 98.8 cm³/mol. The van der Waals surface area contributed by atoms with Gasteiger partial charge in [-0.15, -0.1) is 24.8 Å². The second-order valence-electron chi connectivity index (χ2n) is 6.93. The molecule has 0 aromatic carbocycles. The number of carbonyl (C=O) groups excluding carboxylic acids is 1. The molecule has 2 fully saturated rings. The van der Waals surface area contributed by atoms with E-state index in [1.807, 2.05) is 0 Å². The summed E-state index contributed by atoms with van der Waals surface area (Å²) in [7, 11) is 0. The molecule has 0 aromatic rings. The Labute approximate surface area is 153 Å². The first-order valence-corrected chi connectivity index (χ1v) is 8.38. The largest absolute Gasteiger partial charge is 0.378 e. The molecule has 0 unspecified atom stereocenters. The molecule has 0 bridgehead atoms. The van der Waals surface area contributed by atoms with Crippen molar-refractivity contribution in [3.8, 4) is 0 Å². The summed E-state index contributed by atoms with van der Waals surface area (Å²) in [4.78, 5) is 14.3. The van der Waals surface area contributed by atoms with Crippen LogP contribution in [0.25, 0.3) is 0 Å². The molecule has 5 nitrogen and oxygen atoms in total. The van der Waals surface area contributed by atoms with Gasteiger partial charge in [-0.1, -0.05) is 0 Å². The first-order valence-electron chi connectivity index (χ1n) is 8.38. The van der Waals surface area contributed by atoms with E-state index in [0.29, 0.717) is 6.42 Å². The van der Waals surface area contributed by atoms with E-state index >= 15 is 0 Å². The Bertz CT molecular complexity index is 337. The highest BCUT2D eigenvalue weighted by Crippen LogP contribution is 2.18. The molecule has 2 rings (SSSR count). The molecule has 2 N–H and O–H groups in total. The lowest BCUT2D eigenvalue weighted by molar-refractivity contribution is -0.121. The molecule has 2 aliphatic heterocycles. The van der Waals surface area contributed by atoms with Crippen molar-refractivity contribution in [3.05, 3.63) is 0 Å². The summed E-state index contributed by atoms with van der Waals surface area (Å²) in [5.41, 5.74) is 0.0814. The van der Waals surface area contributed by atoms with Crippen LogP contribution in [-0.4, -0.2) is 62.3 Å². The normalized spacial score (nSPS) is 21.8. The molecule has 0 saturated carbocycles. The van der Waals surface area contributed by atoms with Crippen molar-refractivity contribution in [3.63, 3.8) is 0 Å². The number of hydrogen-bond acceptors (Lipinski definition) is 4. The lowest BCUT2D eigenvalue weighted by atomic mass is 9.93. The zero-order valence-corrected chi connectivity index (χ0v) is 16.1. The number of piperidine rings is 1. The van der Waals surface area contributed by atoms with Crippen molar-refractivity contribution in [1.29, 1.82) is 0 Å². The van der Waals surface area contributed by atoms with Gasteiger partial charge in [-0.2, -0.15) is 0 Å². The van der Waals surface area contributed by atoms with Gasteiger partial charge in [0, 0.05) is 31.6 Å². The third-order valence-electron chi connectivity index (χ3n) is 4.76. The van der Waals surface area contributed by atoms with E-state index in [1.54, 1.807) is 0 Å². The third kappa shape index (κ3) is 8.03. The highest BCUT2D eigenvalue weighted by molar-refractivity contribution is 5.85. The van der Waals surface area contributed by atoms with Crippen LogP contribution in [0.15, 0.2) is 0 Å². The molecule has 2 aliphatic rings. The van der Waals surface area contributed by atoms with Gasteiger partial charge in [0.25, 0.3) is 0 Å². The number of amides is 1. The minimum absolute atomic E-state index is 0. The number of nitrogens with zero attached hydrogens (tertiary/aromatic N) is 1.